The number of nitrogens with zero attached hydrogens (tertiary/aromatic N) is 2. The summed E-state index contributed by atoms with van der Waals surface area (Å²) in [6.45, 7) is 11.6. The minimum absolute atomic E-state index is 0.104. The lowest BCUT2D eigenvalue weighted by molar-refractivity contribution is 0.660. The van der Waals surface area contributed by atoms with Gasteiger partial charge in [0.25, 0.3) is 0 Å². The second-order valence-electron chi connectivity index (χ2n) is 21.4. The Hall–Kier alpha value is -7.68. The summed E-state index contributed by atoms with van der Waals surface area (Å²) in [7, 11) is 0. The molecule has 2 heteroatoms. The van der Waals surface area contributed by atoms with Crippen molar-refractivity contribution in [1.29, 1.82) is 0 Å². The average molecular weight is 901 g/mol. The lowest BCUT2D eigenvalue weighted by Crippen LogP contribution is -2.24. The zero-order valence-electron chi connectivity index (χ0n) is 40.6. The van der Waals surface area contributed by atoms with Crippen LogP contribution in [0, 0.1) is 0 Å². The molecule has 0 fully saturated rings. The Kier molecular flexibility index (Phi) is 9.09. The number of rotatable bonds is 5. The van der Waals surface area contributed by atoms with Crippen molar-refractivity contribution in [2.75, 3.05) is 22.9 Å². The number of para-hydroxylation sites is 2. The summed E-state index contributed by atoms with van der Waals surface area (Å²) in [6.07, 6.45) is 4.48. The van der Waals surface area contributed by atoms with E-state index < -0.39 is 0 Å². The zero-order chi connectivity index (χ0) is 46.9. The maximum Gasteiger partial charge on any atom is 0.0443 e. The van der Waals surface area contributed by atoms with Gasteiger partial charge in [-0.15, -0.1) is 0 Å². The van der Waals surface area contributed by atoms with Crippen LogP contribution in [0.15, 0.2) is 194 Å². The fourth-order valence-electron chi connectivity index (χ4n) is 13.4. The van der Waals surface area contributed by atoms with Crippen LogP contribution in [0.4, 0.5) is 22.7 Å². The highest BCUT2D eigenvalue weighted by Crippen LogP contribution is 2.54. The molecule has 10 aromatic carbocycles. The lowest BCUT2D eigenvalue weighted by Gasteiger charge is -2.33. The van der Waals surface area contributed by atoms with E-state index in [1.165, 1.54) is 133 Å². The molecule has 0 atom stereocenters. The Balaban J connectivity index is 1.07. The van der Waals surface area contributed by atoms with Gasteiger partial charge >= 0.3 is 0 Å². The summed E-state index contributed by atoms with van der Waals surface area (Å²) in [5.41, 5.74) is 26.4. The molecule has 2 aliphatic heterocycles. The highest BCUT2D eigenvalue weighted by atomic mass is 15.1. The normalized spacial score (nSPS) is 15.8. The zero-order valence-corrected chi connectivity index (χ0v) is 40.6. The minimum Gasteiger partial charge on any atom is -0.341 e. The van der Waals surface area contributed by atoms with E-state index in [1.807, 2.05) is 0 Å². The van der Waals surface area contributed by atoms with Gasteiger partial charge in [-0.05, 0) is 185 Å². The molecule has 4 aliphatic rings. The Morgan fingerprint density at radius 1 is 0.329 bits per heavy atom. The van der Waals surface area contributed by atoms with Gasteiger partial charge in [0.15, 0.2) is 0 Å². The van der Waals surface area contributed by atoms with E-state index in [0.717, 1.165) is 38.8 Å². The standard InChI is InChI=1S/C68H56N2/c1-67(2)59-25-11-9-22-50(59)52-33-29-45(39-61(52)67)49-21-7-8-24-54(49)66-56-36-32-47(69-37-15-19-43-17-5-13-27-63(43)69)41-57(56)65(46-30-34-53-51-23-10-12-26-60(51)68(3,4)62(53)40-46)55-35-31-48(42-58(55)66)70-38-16-20-44-18-6-14-28-64(44)70/h5-14,17-18,21-36,39-42H,15-16,19-20,37-38H2,1-4H3. The van der Waals surface area contributed by atoms with E-state index >= 15 is 0 Å². The van der Waals surface area contributed by atoms with E-state index in [9.17, 15) is 0 Å². The third kappa shape index (κ3) is 6.05. The van der Waals surface area contributed by atoms with Gasteiger partial charge in [0.1, 0.15) is 0 Å². The first-order valence-electron chi connectivity index (χ1n) is 25.6. The molecule has 0 bridgehead atoms. The molecular weight excluding hydrogens is 845 g/mol. The third-order valence-corrected chi connectivity index (χ3v) is 16.9. The molecule has 2 aliphatic carbocycles. The van der Waals surface area contributed by atoms with Crippen LogP contribution in [0.25, 0.3) is 77.2 Å². The average Bonchev–Trinajstić information content (AvgIpc) is 3.78. The molecule has 2 nitrogen and oxygen atoms in total. The molecular formula is C68H56N2. The topological polar surface area (TPSA) is 6.48 Å². The largest absolute Gasteiger partial charge is 0.341 e. The van der Waals surface area contributed by atoms with Crippen LogP contribution >= 0.6 is 0 Å². The molecule has 10 aromatic rings. The van der Waals surface area contributed by atoms with Gasteiger partial charge in [-0.2, -0.15) is 0 Å². The summed E-state index contributed by atoms with van der Waals surface area (Å²) in [5.74, 6) is 0. The second-order valence-corrected chi connectivity index (χ2v) is 21.4. The maximum atomic E-state index is 2.57. The fourth-order valence-corrected chi connectivity index (χ4v) is 13.4. The molecule has 0 unspecified atom stereocenters. The molecule has 0 N–H and O–H groups in total. The van der Waals surface area contributed by atoms with Gasteiger partial charge in [0.05, 0.1) is 0 Å². The molecule has 2 heterocycles. The summed E-state index contributed by atoms with van der Waals surface area (Å²) in [6, 6.07) is 74.8. The van der Waals surface area contributed by atoms with Gasteiger partial charge in [0.2, 0.25) is 0 Å². The highest BCUT2D eigenvalue weighted by molar-refractivity contribution is 6.23. The Labute approximate surface area is 412 Å². The van der Waals surface area contributed by atoms with Crippen molar-refractivity contribution in [2.24, 2.45) is 0 Å². The minimum atomic E-state index is -0.129. The van der Waals surface area contributed by atoms with Crippen molar-refractivity contribution in [2.45, 2.75) is 64.2 Å². The third-order valence-electron chi connectivity index (χ3n) is 16.9. The highest BCUT2D eigenvalue weighted by Gasteiger charge is 2.37. The van der Waals surface area contributed by atoms with E-state index in [1.54, 1.807) is 0 Å². The SMILES string of the molecule is CC1(C)c2ccccc2-c2ccc(-c3ccccc3-c3c4ccc(N5CCCc6ccccc65)cc4c(-c4ccc5c(c4)C(C)(C)c4ccccc4-5)c4ccc(N5CCCc6ccccc65)cc34)cc21. The van der Waals surface area contributed by atoms with E-state index in [4.69, 9.17) is 0 Å². The van der Waals surface area contributed by atoms with Gasteiger partial charge in [-0.25, -0.2) is 0 Å². The number of fused-ring (bicyclic) bond motifs is 10. The Morgan fingerprint density at radius 2 is 0.757 bits per heavy atom. The first-order valence-corrected chi connectivity index (χ1v) is 25.6. The van der Waals surface area contributed by atoms with Crippen molar-refractivity contribution in [3.8, 4) is 55.6 Å². The van der Waals surface area contributed by atoms with Crippen LogP contribution in [0.5, 0.6) is 0 Å². The molecule has 0 spiro atoms. The van der Waals surface area contributed by atoms with Crippen molar-refractivity contribution >= 4 is 44.3 Å². The monoisotopic (exact) mass is 900 g/mol. The first-order chi connectivity index (χ1) is 34.2. The van der Waals surface area contributed by atoms with Gasteiger partial charge < -0.3 is 9.80 Å². The van der Waals surface area contributed by atoms with E-state index in [-0.39, 0.29) is 10.8 Å². The molecule has 0 saturated heterocycles. The van der Waals surface area contributed by atoms with E-state index in [2.05, 4.69) is 232 Å². The summed E-state index contributed by atoms with van der Waals surface area (Å²) >= 11 is 0. The summed E-state index contributed by atoms with van der Waals surface area (Å²) < 4.78 is 0. The molecule has 338 valence electrons. The van der Waals surface area contributed by atoms with Crippen LogP contribution in [0.1, 0.15) is 73.9 Å². The van der Waals surface area contributed by atoms with Gasteiger partial charge in [0, 0.05) is 46.7 Å². The van der Waals surface area contributed by atoms with Crippen LogP contribution in [0.2, 0.25) is 0 Å². The predicted molar refractivity (Wildman–Crippen MR) is 296 cm³/mol. The van der Waals surface area contributed by atoms with Crippen molar-refractivity contribution in [3.05, 3.63) is 228 Å². The first kappa shape index (κ1) is 41.3. The maximum absolute atomic E-state index is 2.57. The Bertz CT molecular complexity index is 3810. The van der Waals surface area contributed by atoms with Gasteiger partial charge in [-0.1, -0.05) is 173 Å². The molecule has 0 radical (unpaired) electrons. The van der Waals surface area contributed by atoms with Crippen LogP contribution in [-0.4, -0.2) is 13.1 Å². The molecule has 14 rings (SSSR count). The molecule has 0 saturated carbocycles. The number of aryl methyl sites for hydroxylation is 2. The van der Waals surface area contributed by atoms with Crippen molar-refractivity contribution in [3.63, 3.8) is 0 Å². The molecule has 0 aromatic heterocycles. The number of anilines is 4. The number of hydrogen-bond donors (Lipinski definition) is 0. The number of benzene rings is 10. The summed E-state index contributed by atoms with van der Waals surface area (Å²) in [5, 5.41) is 5.12. The smallest absolute Gasteiger partial charge is 0.0443 e. The quantitative estimate of drug-likeness (QED) is 0.159. The van der Waals surface area contributed by atoms with Crippen molar-refractivity contribution < 1.29 is 0 Å². The molecule has 0 amide bonds. The summed E-state index contributed by atoms with van der Waals surface area (Å²) in [4.78, 5) is 5.15. The van der Waals surface area contributed by atoms with Crippen LogP contribution in [-0.2, 0) is 23.7 Å². The second kappa shape index (κ2) is 15.4. The Morgan fingerprint density at radius 3 is 1.33 bits per heavy atom. The fraction of sp³-hybridized carbons (Fsp3) is 0.176. The van der Waals surface area contributed by atoms with E-state index in [0.29, 0.717) is 0 Å². The van der Waals surface area contributed by atoms with Crippen LogP contribution in [0.3, 0.4) is 0 Å². The van der Waals surface area contributed by atoms with Crippen LogP contribution < -0.4 is 9.80 Å². The van der Waals surface area contributed by atoms with Gasteiger partial charge in [-0.3, -0.25) is 0 Å². The predicted octanol–water partition coefficient (Wildman–Crippen LogP) is 17.8. The molecule has 70 heavy (non-hydrogen) atoms. The lowest BCUT2D eigenvalue weighted by atomic mass is 9.79. The van der Waals surface area contributed by atoms with Crippen molar-refractivity contribution in [1.82, 2.24) is 0 Å². The number of hydrogen-bond acceptors (Lipinski definition) is 2.